The molecule has 218 valence electrons. The summed E-state index contributed by atoms with van der Waals surface area (Å²) >= 11 is 1.69. The molecular formula is C33H42N4O3S. The van der Waals surface area contributed by atoms with Gasteiger partial charge in [0.25, 0.3) is 0 Å². The summed E-state index contributed by atoms with van der Waals surface area (Å²) in [5.74, 6) is 1.27. The van der Waals surface area contributed by atoms with Crippen molar-refractivity contribution < 1.29 is 9.53 Å². The molecule has 3 heterocycles. The number of aromatic nitrogens is 3. The van der Waals surface area contributed by atoms with Gasteiger partial charge in [-0.2, -0.15) is 0 Å². The van der Waals surface area contributed by atoms with Crippen LogP contribution in [0.2, 0.25) is 0 Å². The molecule has 2 aromatic carbocycles. The number of rotatable bonds is 5. The molecule has 1 saturated heterocycles. The molecule has 0 aliphatic carbocycles. The van der Waals surface area contributed by atoms with Gasteiger partial charge in [-0.05, 0) is 47.9 Å². The highest BCUT2D eigenvalue weighted by molar-refractivity contribution is 7.13. The van der Waals surface area contributed by atoms with E-state index in [0.29, 0.717) is 19.0 Å². The van der Waals surface area contributed by atoms with Crippen molar-refractivity contribution in [3.63, 3.8) is 0 Å². The maximum atomic E-state index is 13.2. The van der Waals surface area contributed by atoms with Gasteiger partial charge >= 0.3 is 5.69 Å². The molecule has 1 aliphatic heterocycles. The molecule has 0 N–H and O–H groups in total. The minimum atomic E-state index is -0.160. The van der Waals surface area contributed by atoms with E-state index < -0.39 is 0 Å². The van der Waals surface area contributed by atoms with Crippen LogP contribution in [0, 0.1) is 0 Å². The summed E-state index contributed by atoms with van der Waals surface area (Å²) in [6.07, 6.45) is 1.73. The highest BCUT2D eigenvalue weighted by Crippen LogP contribution is 2.43. The summed E-state index contributed by atoms with van der Waals surface area (Å²) in [7, 11) is 3.51. The zero-order chi connectivity index (χ0) is 29.7. The first kappa shape index (κ1) is 29.1. The van der Waals surface area contributed by atoms with E-state index in [9.17, 15) is 9.59 Å². The lowest BCUT2D eigenvalue weighted by Crippen LogP contribution is -2.41. The lowest BCUT2D eigenvalue weighted by molar-refractivity contribution is -0.132. The van der Waals surface area contributed by atoms with Gasteiger partial charge in [0.1, 0.15) is 17.3 Å². The van der Waals surface area contributed by atoms with Crippen molar-refractivity contribution in [1.29, 1.82) is 0 Å². The molecular weight excluding hydrogens is 532 g/mol. The molecule has 1 amide bonds. The minimum Gasteiger partial charge on any atom is -0.496 e. The first-order valence-electron chi connectivity index (χ1n) is 14.4. The lowest BCUT2D eigenvalue weighted by Gasteiger charge is -2.31. The van der Waals surface area contributed by atoms with Crippen LogP contribution >= 0.6 is 11.3 Å². The molecule has 5 rings (SSSR count). The van der Waals surface area contributed by atoms with Gasteiger partial charge < -0.3 is 9.64 Å². The Labute approximate surface area is 246 Å². The quantitative estimate of drug-likeness (QED) is 0.274. The van der Waals surface area contributed by atoms with Gasteiger partial charge in [0, 0.05) is 48.1 Å². The maximum absolute atomic E-state index is 13.2. The first-order valence-corrected chi connectivity index (χ1v) is 15.3. The average molecular weight is 575 g/mol. The van der Waals surface area contributed by atoms with E-state index in [1.54, 1.807) is 34.6 Å². The van der Waals surface area contributed by atoms with Crippen LogP contribution in [0.1, 0.15) is 77.1 Å². The largest absolute Gasteiger partial charge is 0.496 e. The molecule has 0 bridgehead atoms. The Morgan fingerprint density at radius 2 is 1.59 bits per heavy atom. The molecule has 0 atom stereocenters. The van der Waals surface area contributed by atoms with E-state index in [0.717, 1.165) is 45.9 Å². The first-order chi connectivity index (χ1) is 19.3. The van der Waals surface area contributed by atoms with Gasteiger partial charge in [0.05, 0.1) is 23.8 Å². The second kappa shape index (κ2) is 10.8. The molecule has 0 radical (unpaired) electrons. The molecule has 7 nitrogen and oxygen atoms in total. The van der Waals surface area contributed by atoms with Crippen LogP contribution in [-0.4, -0.2) is 45.1 Å². The SMILES string of the molecule is COc1c(C(C)(C)C)cc(-c2nc(C3CCN(C(=O)Cn4c(=O)n(C)c5ccccc54)CC3)cs2)cc1C(C)(C)C. The fourth-order valence-electron chi connectivity index (χ4n) is 5.87. The topological polar surface area (TPSA) is 69.4 Å². The van der Waals surface area contributed by atoms with Crippen molar-refractivity contribution >= 4 is 28.3 Å². The number of thiazole rings is 1. The number of imidazole rings is 1. The van der Waals surface area contributed by atoms with Crippen molar-refractivity contribution in [1.82, 2.24) is 19.0 Å². The Kier molecular flexibility index (Phi) is 7.66. The van der Waals surface area contributed by atoms with E-state index in [2.05, 4.69) is 59.1 Å². The van der Waals surface area contributed by atoms with Crippen molar-refractivity contribution in [3.8, 4) is 16.3 Å². The molecule has 0 spiro atoms. The van der Waals surface area contributed by atoms with Crippen molar-refractivity contribution in [2.45, 2.75) is 77.7 Å². The number of piperidine rings is 1. The summed E-state index contributed by atoms with van der Waals surface area (Å²) in [6.45, 7) is 14.7. The van der Waals surface area contributed by atoms with E-state index >= 15 is 0 Å². The highest BCUT2D eigenvalue weighted by atomic mass is 32.1. The van der Waals surface area contributed by atoms with Gasteiger partial charge in [-0.1, -0.05) is 53.7 Å². The van der Waals surface area contributed by atoms with Gasteiger partial charge in [-0.15, -0.1) is 11.3 Å². The van der Waals surface area contributed by atoms with E-state index in [1.807, 2.05) is 29.2 Å². The van der Waals surface area contributed by atoms with Crippen LogP contribution in [0.5, 0.6) is 5.75 Å². The number of benzene rings is 2. The number of hydrogen-bond acceptors (Lipinski definition) is 5. The fraction of sp³-hybridized carbons (Fsp3) is 0.485. The van der Waals surface area contributed by atoms with Gasteiger partial charge in [0.2, 0.25) is 5.91 Å². The molecule has 0 saturated carbocycles. The van der Waals surface area contributed by atoms with Crippen molar-refractivity contribution in [2.75, 3.05) is 20.2 Å². The molecule has 4 aromatic rings. The molecule has 0 unspecified atom stereocenters. The molecule has 1 aliphatic rings. The Morgan fingerprint density at radius 3 is 2.15 bits per heavy atom. The fourth-order valence-corrected chi connectivity index (χ4v) is 6.76. The third-order valence-electron chi connectivity index (χ3n) is 8.29. The Hall–Kier alpha value is -3.39. The number of likely N-dealkylation sites (tertiary alicyclic amines) is 1. The number of hydrogen-bond donors (Lipinski definition) is 0. The molecule has 41 heavy (non-hydrogen) atoms. The van der Waals surface area contributed by atoms with Gasteiger partial charge in [0.15, 0.2) is 0 Å². The number of fused-ring (bicyclic) bond motifs is 1. The van der Waals surface area contributed by atoms with Crippen LogP contribution in [0.15, 0.2) is 46.6 Å². The predicted molar refractivity (Wildman–Crippen MR) is 167 cm³/mol. The van der Waals surface area contributed by atoms with E-state index in [4.69, 9.17) is 9.72 Å². The third kappa shape index (κ3) is 5.59. The summed E-state index contributed by atoms with van der Waals surface area (Å²) in [5, 5.41) is 3.21. The summed E-state index contributed by atoms with van der Waals surface area (Å²) in [4.78, 5) is 33.0. The number of amides is 1. The van der Waals surface area contributed by atoms with Crippen LogP contribution in [0.3, 0.4) is 0 Å². The molecule has 8 heteroatoms. The average Bonchev–Trinajstić information content (AvgIpc) is 3.52. The maximum Gasteiger partial charge on any atom is 0.329 e. The number of ether oxygens (including phenoxy) is 1. The smallest absolute Gasteiger partial charge is 0.329 e. The number of aryl methyl sites for hydroxylation is 1. The van der Waals surface area contributed by atoms with Crippen molar-refractivity contribution in [3.05, 3.63) is 69.1 Å². The number of carbonyl (C=O) groups excluding carboxylic acids is 1. The number of nitrogens with zero attached hydrogens (tertiary/aromatic N) is 4. The van der Waals surface area contributed by atoms with Crippen LogP contribution in [0.25, 0.3) is 21.6 Å². The molecule has 1 fully saturated rings. The van der Waals surface area contributed by atoms with Crippen LogP contribution in [0.4, 0.5) is 0 Å². The second-order valence-electron chi connectivity index (χ2n) is 13.3. The standard InChI is InChI=1S/C33H42N4O3S/c1-32(2,3)23-17-22(18-24(29(23)40-8)33(4,5)6)30-34-25(20-41-30)21-13-15-36(16-14-21)28(38)19-37-27-12-10-9-11-26(27)35(7)31(37)39/h9-12,17-18,20-21H,13-16,19H2,1-8H3. The highest BCUT2D eigenvalue weighted by Gasteiger charge is 2.30. The zero-order valence-electron chi connectivity index (χ0n) is 25.6. The lowest BCUT2D eigenvalue weighted by atomic mass is 9.78. The number of methoxy groups -OCH3 is 1. The Balaban J connectivity index is 1.32. The number of para-hydroxylation sites is 2. The van der Waals surface area contributed by atoms with E-state index in [1.165, 1.54) is 11.1 Å². The summed E-state index contributed by atoms with van der Waals surface area (Å²) < 4.78 is 9.14. The van der Waals surface area contributed by atoms with Gasteiger partial charge in [-0.25, -0.2) is 9.78 Å². The molecule has 2 aromatic heterocycles. The summed E-state index contributed by atoms with van der Waals surface area (Å²) in [5.41, 5.74) is 5.94. The van der Waals surface area contributed by atoms with Crippen molar-refractivity contribution in [2.24, 2.45) is 7.05 Å². The van der Waals surface area contributed by atoms with E-state index in [-0.39, 0.29) is 29.0 Å². The zero-order valence-corrected chi connectivity index (χ0v) is 26.4. The Morgan fingerprint density at radius 1 is 1.00 bits per heavy atom. The summed E-state index contributed by atoms with van der Waals surface area (Å²) in [6, 6.07) is 12.1. The van der Waals surface area contributed by atoms with Crippen LogP contribution in [-0.2, 0) is 29.2 Å². The number of carbonyl (C=O) groups is 1. The van der Waals surface area contributed by atoms with Crippen LogP contribution < -0.4 is 10.4 Å². The Bertz CT molecular complexity index is 1600. The third-order valence-corrected chi connectivity index (χ3v) is 9.20. The van der Waals surface area contributed by atoms with Gasteiger partial charge in [-0.3, -0.25) is 13.9 Å². The predicted octanol–water partition coefficient (Wildman–Crippen LogP) is 6.47. The second-order valence-corrected chi connectivity index (χ2v) is 14.1. The minimum absolute atomic E-state index is 0.0106. The normalized spacial score (nSPS) is 15.1. The monoisotopic (exact) mass is 574 g/mol.